The van der Waals surface area contributed by atoms with Crippen LogP contribution in [0.15, 0.2) is 60.2 Å². The molecule has 2 aromatic carbocycles. The summed E-state index contributed by atoms with van der Waals surface area (Å²) in [5, 5.41) is 7.28. The maximum absolute atomic E-state index is 13.2. The second kappa shape index (κ2) is 6.78. The maximum Gasteiger partial charge on any atom is 0.323 e. The Morgan fingerprint density at radius 2 is 1.96 bits per heavy atom. The number of nitrogens with one attached hydrogen (secondary N) is 2. The van der Waals surface area contributed by atoms with E-state index in [0.717, 1.165) is 16.2 Å². The molecule has 2 amide bonds. The van der Waals surface area contributed by atoms with E-state index in [1.165, 1.54) is 18.2 Å². The summed E-state index contributed by atoms with van der Waals surface area (Å²) in [6, 6.07) is 10.9. The number of anilines is 2. The molecule has 0 saturated heterocycles. The molecule has 130 valence electrons. The highest BCUT2D eigenvalue weighted by molar-refractivity contribution is 7.15. The molecule has 0 bridgehead atoms. The highest BCUT2D eigenvalue weighted by atomic mass is 35.5. The van der Waals surface area contributed by atoms with Crippen molar-refractivity contribution in [2.75, 3.05) is 10.6 Å². The van der Waals surface area contributed by atoms with Crippen molar-refractivity contribution in [2.24, 2.45) is 0 Å². The number of aromatic nitrogens is 2. The van der Waals surface area contributed by atoms with Gasteiger partial charge in [0.05, 0.1) is 10.7 Å². The standard InChI is InChI=1S/C18H12ClFN4OS/c19-14-9-13(4-5-15(14)20)22-17(25)21-12-3-1-2-11(8-12)16-10-24-6-7-26-18(24)23-16/h1-10H,(H2,21,22,25). The normalized spacial score (nSPS) is 10.8. The predicted octanol–water partition coefficient (Wildman–Crippen LogP) is 5.50. The lowest BCUT2D eigenvalue weighted by Gasteiger charge is -2.09. The minimum Gasteiger partial charge on any atom is -0.308 e. The van der Waals surface area contributed by atoms with E-state index in [-0.39, 0.29) is 5.02 Å². The van der Waals surface area contributed by atoms with E-state index in [1.54, 1.807) is 17.4 Å². The van der Waals surface area contributed by atoms with Crippen molar-refractivity contribution in [3.63, 3.8) is 0 Å². The molecule has 8 heteroatoms. The molecule has 2 heterocycles. The summed E-state index contributed by atoms with van der Waals surface area (Å²) < 4.78 is 15.1. The van der Waals surface area contributed by atoms with Crippen molar-refractivity contribution in [2.45, 2.75) is 0 Å². The molecule has 0 unspecified atom stereocenters. The van der Waals surface area contributed by atoms with Crippen molar-refractivity contribution < 1.29 is 9.18 Å². The molecule has 0 aliphatic heterocycles. The van der Waals surface area contributed by atoms with Gasteiger partial charge in [-0.25, -0.2) is 14.2 Å². The SMILES string of the molecule is O=C(Nc1cccc(-c2cn3ccsc3n2)c1)Nc1ccc(F)c(Cl)c1. The van der Waals surface area contributed by atoms with Gasteiger partial charge in [0.25, 0.3) is 0 Å². The number of halogens is 2. The van der Waals surface area contributed by atoms with E-state index in [1.807, 2.05) is 40.4 Å². The van der Waals surface area contributed by atoms with Crippen LogP contribution in [-0.4, -0.2) is 15.4 Å². The van der Waals surface area contributed by atoms with Crippen molar-refractivity contribution in [3.8, 4) is 11.3 Å². The van der Waals surface area contributed by atoms with Crippen molar-refractivity contribution in [1.82, 2.24) is 9.38 Å². The van der Waals surface area contributed by atoms with E-state index < -0.39 is 11.8 Å². The summed E-state index contributed by atoms with van der Waals surface area (Å²) in [5.74, 6) is -0.537. The Morgan fingerprint density at radius 3 is 2.73 bits per heavy atom. The molecule has 0 saturated carbocycles. The number of fused-ring (bicyclic) bond motifs is 1. The van der Waals surface area contributed by atoms with Crippen LogP contribution >= 0.6 is 22.9 Å². The summed E-state index contributed by atoms with van der Waals surface area (Å²) in [4.78, 5) is 17.6. The lowest BCUT2D eigenvalue weighted by molar-refractivity contribution is 0.262. The van der Waals surface area contributed by atoms with Gasteiger partial charge in [-0.2, -0.15) is 0 Å². The number of rotatable bonds is 3. The smallest absolute Gasteiger partial charge is 0.308 e. The molecular formula is C18H12ClFN4OS. The topological polar surface area (TPSA) is 58.4 Å². The second-order valence-corrected chi connectivity index (χ2v) is 6.79. The Bertz CT molecular complexity index is 1080. The number of hydrogen-bond acceptors (Lipinski definition) is 3. The summed E-state index contributed by atoms with van der Waals surface area (Å²) in [7, 11) is 0. The number of nitrogens with zero attached hydrogens (tertiary/aromatic N) is 2. The van der Waals surface area contributed by atoms with Crippen LogP contribution in [0.3, 0.4) is 0 Å². The van der Waals surface area contributed by atoms with Gasteiger partial charge in [-0.3, -0.25) is 4.40 Å². The average Bonchev–Trinajstić information content (AvgIpc) is 3.20. The number of thiazole rings is 1. The lowest BCUT2D eigenvalue weighted by atomic mass is 10.1. The number of benzene rings is 2. The molecule has 2 N–H and O–H groups in total. The number of carbonyl (C=O) groups excluding carboxylic acids is 1. The quantitative estimate of drug-likeness (QED) is 0.488. The van der Waals surface area contributed by atoms with Crippen LogP contribution in [0, 0.1) is 5.82 Å². The first-order valence-corrected chi connectivity index (χ1v) is 8.90. The van der Waals surface area contributed by atoms with Crippen molar-refractivity contribution in [3.05, 3.63) is 71.1 Å². The summed E-state index contributed by atoms with van der Waals surface area (Å²) in [6.45, 7) is 0. The number of carbonyl (C=O) groups is 1. The Morgan fingerprint density at radius 1 is 1.15 bits per heavy atom. The molecule has 26 heavy (non-hydrogen) atoms. The average molecular weight is 387 g/mol. The second-order valence-electron chi connectivity index (χ2n) is 5.51. The van der Waals surface area contributed by atoms with Gasteiger partial charge in [0.1, 0.15) is 5.82 Å². The molecule has 0 aliphatic rings. The lowest BCUT2D eigenvalue weighted by Crippen LogP contribution is -2.19. The van der Waals surface area contributed by atoms with Crippen LogP contribution < -0.4 is 10.6 Å². The molecule has 0 atom stereocenters. The predicted molar refractivity (Wildman–Crippen MR) is 103 cm³/mol. The zero-order valence-corrected chi connectivity index (χ0v) is 14.8. The molecule has 4 rings (SSSR count). The fourth-order valence-corrected chi connectivity index (χ4v) is 3.37. The fraction of sp³-hybridized carbons (Fsp3) is 0. The van der Waals surface area contributed by atoms with Crippen LogP contribution in [0.1, 0.15) is 0 Å². The molecule has 0 radical (unpaired) electrons. The summed E-state index contributed by atoms with van der Waals surface area (Å²) >= 11 is 7.27. The summed E-state index contributed by atoms with van der Waals surface area (Å²) in [6.07, 6.45) is 3.88. The van der Waals surface area contributed by atoms with Crippen LogP contribution in [0.2, 0.25) is 5.02 Å². The fourth-order valence-electron chi connectivity index (χ4n) is 2.49. The van der Waals surface area contributed by atoms with Gasteiger partial charge in [-0.15, -0.1) is 11.3 Å². The van der Waals surface area contributed by atoms with E-state index in [0.29, 0.717) is 11.4 Å². The van der Waals surface area contributed by atoms with E-state index in [9.17, 15) is 9.18 Å². The molecule has 0 aliphatic carbocycles. The van der Waals surface area contributed by atoms with Crippen LogP contribution in [-0.2, 0) is 0 Å². The number of imidazole rings is 1. The first-order valence-electron chi connectivity index (χ1n) is 7.64. The van der Waals surface area contributed by atoms with Gasteiger partial charge in [-0.1, -0.05) is 23.7 Å². The number of amides is 2. The zero-order valence-electron chi connectivity index (χ0n) is 13.2. The highest BCUT2D eigenvalue weighted by Crippen LogP contribution is 2.24. The molecule has 2 aromatic heterocycles. The van der Waals surface area contributed by atoms with E-state index >= 15 is 0 Å². The molecule has 0 spiro atoms. The molecule has 0 fully saturated rings. The Hall–Kier alpha value is -2.90. The third kappa shape index (κ3) is 3.40. The Kier molecular flexibility index (Phi) is 4.32. The first-order chi connectivity index (χ1) is 12.6. The van der Waals surface area contributed by atoms with Gasteiger partial charge >= 0.3 is 6.03 Å². The summed E-state index contributed by atoms with van der Waals surface area (Å²) in [5.41, 5.74) is 2.73. The van der Waals surface area contributed by atoms with Gasteiger partial charge < -0.3 is 10.6 Å². The maximum atomic E-state index is 13.2. The van der Waals surface area contributed by atoms with Gasteiger partial charge in [-0.05, 0) is 30.3 Å². The third-order valence-electron chi connectivity index (χ3n) is 3.69. The van der Waals surface area contributed by atoms with Gasteiger partial charge in [0.15, 0.2) is 4.96 Å². The molecular weight excluding hydrogens is 375 g/mol. The van der Waals surface area contributed by atoms with Gasteiger partial charge in [0.2, 0.25) is 0 Å². The van der Waals surface area contributed by atoms with Crippen LogP contribution in [0.25, 0.3) is 16.2 Å². The van der Waals surface area contributed by atoms with Crippen LogP contribution in [0.5, 0.6) is 0 Å². The first kappa shape index (κ1) is 16.6. The minimum absolute atomic E-state index is 0.0513. The largest absolute Gasteiger partial charge is 0.323 e. The van der Waals surface area contributed by atoms with Crippen molar-refractivity contribution in [1.29, 1.82) is 0 Å². The van der Waals surface area contributed by atoms with E-state index in [4.69, 9.17) is 11.6 Å². The zero-order chi connectivity index (χ0) is 18.1. The highest BCUT2D eigenvalue weighted by Gasteiger charge is 2.08. The van der Waals surface area contributed by atoms with E-state index in [2.05, 4.69) is 15.6 Å². The molecule has 4 aromatic rings. The van der Waals surface area contributed by atoms with Crippen molar-refractivity contribution >= 4 is 45.3 Å². The molecule has 5 nitrogen and oxygen atoms in total. The van der Waals surface area contributed by atoms with Gasteiger partial charge in [0, 0.05) is 34.7 Å². The number of hydrogen-bond donors (Lipinski definition) is 2. The monoisotopic (exact) mass is 386 g/mol. The number of urea groups is 1. The third-order valence-corrected chi connectivity index (χ3v) is 4.75. The Balaban J connectivity index is 1.50. The Labute approximate surface area is 157 Å². The van der Waals surface area contributed by atoms with Crippen LogP contribution in [0.4, 0.5) is 20.6 Å². The minimum atomic E-state index is -0.537.